The first-order valence-corrected chi connectivity index (χ1v) is 15.0. The van der Waals surface area contributed by atoms with Gasteiger partial charge in [0.15, 0.2) is 0 Å². The summed E-state index contributed by atoms with van der Waals surface area (Å²) in [5.41, 5.74) is 1.12. The van der Waals surface area contributed by atoms with E-state index in [1.54, 1.807) is 24.3 Å². The van der Waals surface area contributed by atoms with Crippen LogP contribution >= 0.6 is 0 Å². The summed E-state index contributed by atoms with van der Waals surface area (Å²) in [7, 11) is -5.97. The van der Waals surface area contributed by atoms with Crippen LogP contribution in [0, 0.1) is 12.8 Å². The van der Waals surface area contributed by atoms with Crippen molar-refractivity contribution in [1.82, 2.24) is 13.5 Å². The molecule has 0 aromatic heterocycles. The van der Waals surface area contributed by atoms with E-state index in [4.69, 9.17) is 4.74 Å². The number of ether oxygens (including phenoxy) is 1. The topological polar surface area (TPSA) is 104 Å². The lowest BCUT2D eigenvalue weighted by Gasteiger charge is -2.34. The van der Waals surface area contributed by atoms with Crippen molar-refractivity contribution < 1.29 is 26.4 Å². The van der Waals surface area contributed by atoms with Gasteiger partial charge in [-0.05, 0) is 56.0 Å². The monoisotopic (exact) mass is 535 g/mol. The Labute approximate surface area is 213 Å². The van der Waals surface area contributed by atoms with Gasteiger partial charge in [0.2, 0.25) is 20.0 Å². The van der Waals surface area contributed by atoms with Gasteiger partial charge in [-0.25, -0.2) is 16.8 Å². The predicted octanol–water partition coefficient (Wildman–Crippen LogP) is 2.57. The Kier molecular flexibility index (Phi) is 7.75. The van der Waals surface area contributed by atoms with E-state index in [0.717, 1.165) is 18.4 Å². The molecule has 2 aromatic rings. The SMILES string of the molecule is COc1ccc(S(=O)(=O)N2CCC(C)CC2)cc1C(=O)N1CCN(S(=O)(=O)c2ccc(C)cc2)CC1. The number of piperazine rings is 1. The van der Waals surface area contributed by atoms with E-state index in [9.17, 15) is 21.6 Å². The predicted molar refractivity (Wildman–Crippen MR) is 136 cm³/mol. The summed E-state index contributed by atoms with van der Waals surface area (Å²) in [6.07, 6.45) is 1.61. The third kappa shape index (κ3) is 5.29. The Morgan fingerprint density at radius 1 is 0.806 bits per heavy atom. The lowest BCUT2D eigenvalue weighted by Crippen LogP contribution is -2.50. The Balaban J connectivity index is 1.51. The molecule has 0 saturated carbocycles. The van der Waals surface area contributed by atoms with Crippen LogP contribution in [0.1, 0.15) is 35.7 Å². The van der Waals surface area contributed by atoms with Crippen molar-refractivity contribution in [2.75, 3.05) is 46.4 Å². The van der Waals surface area contributed by atoms with Crippen LogP contribution in [0.4, 0.5) is 0 Å². The number of carbonyl (C=O) groups is 1. The minimum atomic E-state index is -3.74. The molecule has 1 amide bonds. The highest BCUT2D eigenvalue weighted by Gasteiger charge is 2.33. The van der Waals surface area contributed by atoms with E-state index in [1.807, 2.05) is 6.92 Å². The highest BCUT2D eigenvalue weighted by atomic mass is 32.2. The summed E-state index contributed by atoms with van der Waals surface area (Å²) in [4.78, 5) is 15.2. The zero-order valence-electron chi connectivity index (χ0n) is 20.9. The van der Waals surface area contributed by atoms with E-state index >= 15 is 0 Å². The molecular weight excluding hydrogens is 502 g/mol. The van der Waals surface area contributed by atoms with Gasteiger partial charge in [0, 0.05) is 39.3 Å². The molecule has 9 nitrogen and oxygen atoms in total. The first kappa shape index (κ1) is 26.6. The zero-order chi connectivity index (χ0) is 26.1. The number of nitrogens with zero attached hydrogens (tertiary/aromatic N) is 3. The maximum absolute atomic E-state index is 13.4. The average Bonchev–Trinajstić information content (AvgIpc) is 2.88. The standard InChI is InChI=1S/C25H33N3O6S2/c1-19-4-6-21(7-5-19)35(30,31)28-16-14-26(15-17-28)25(29)23-18-22(8-9-24(23)34-3)36(32,33)27-12-10-20(2)11-13-27/h4-9,18,20H,10-17H2,1-3H3. The van der Waals surface area contributed by atoms with Crippen molar-refractivity contribution >= 4 is 26.0 Å². The van der Waals surface area contributed by atoms with Gasteiger partial charge in [-0.1, -0.05) is 24.6 Å². The number of hydrogen-bond donors (Lipinski definition) is 0. The van der Waals surface area contributed by atoms with Gasteiger partial charge in [0.25, 0.3) is 5.91 Å². The van der Waals surface area contributed by atoms with Crippen molar-refractivity contribution in [2.24, 2.45) is 5.92 Å². The molecule has 4 rings (SSSR count). The van der Waals surface area contributed by atoms with E-state index < -0.39 is 20.0 Å². The summed E-state index contributed by atoms with van der Waals surface area (Å²) in [6.45, 7) is 5.58. The van der Waals surface area contributed by atoms with Gasteiger partial charge >= 0.3 is 0 Å². The molecule has 0 N–H and O–H groups in total. The molecule has 2 fully saturated rings. The number of hydrogen-bond acceptors (Lipinski definition) is 6. The molecule has 2 saturated heterocycles. The number of methoxy groups -OCH3 is 1. The van der Waals surface area contributed by atoms with Crippen molar-refractivity contribution in [3.8, 4) is 5.75 Å². The van der Waals surface area contributed by atoms with E-state index in [2.05, 4.69) is 6.92 Å². The van der Waals surface area contributed by atoms with Crippen LogP contribution in [-0.4, -0.2) is 82.6 Å². The molecule has 36 heavy (non-hydrogen) atoms. The molecule has 0 atom stereocenters. The lowest BCUT2D eigenvalue weighted by atomic mass is 10.0. The number of aryl methyl sites for hydroxylation is 1. The van der Waals surface area contributed by atoms with Crippen molar-refractivity contribution in [1.29, 1.82) is 0 Å². The molecule has 0 unspecified atom stereocenters. The second-order valence-electron chi connectivity index (χ2n) is 9.46. The minimum Gasteiger partial charge on any atom is -0.496 e. The fraction of sp³-hybridized carbons (Fsp3) is 0.480. The van der Waals surface area contributed by atoms with Crippen LogP contribution < -0.4 is 4.74 Å². The number of amides is 1. The largest absolute Gasteiger partial charge is 0.496 e. The van der Waals surface area contributed by atoms with Gasteiger partial charge in [-0.15, -0.1) is 0 Å². The number of sulfonamides is 2. The van der Waals surface area contributed by atoms with Gasteiger partial charge in [-0.2, -0.15) is 8.61 Å². The molecule has 2 heterocycles. The van der Waals surface area contributed by atoms with Gasteiger partial charge < -0.3 is 9.64 Å². The number of rotatable bonds is 6. The highest BCUT2D eigenvalue weighted by molar-refractivity contribution is 7.89. The summed E-state index contributed by atoms with van der Waals surface area (Å²) >= 11 is 0. The molecule has 0 spiro atoms. The van der Waals surface area contributed by atoms with E-state index in [1.165, 1.54) is 38.8 Å². The van der Waals surface area contributed by atoms with E-state index in [-0.39, 0.29) is 53.2 Å². The third-order valence-electron chi connectivity index (χ3n) is 6.97. The zero-order valence-corrected chi connectivity index (χ0v) is 22.5. The molecule has 0 bridgehead atoms. The van der Waals surface area contributed by atoms with Crippen molar-refractivity contribution in [2.45, 2.75) is 36.5 Å². The highest BCUT2D eigenvalue weighted by Crippen LogP contribution is 2.29. The first-order valence-electron chi connectivity index (χ1n) is 12.1. The fourth-order valence-corrected chi connectivity index (χ4v) is 7.47. The number of benzene rings is 2. The van der Waals surface area contributed by atoms with Crippen LogP contribution in [0.25, 0.3) is 0 Å². The number of carbonyl (C=O) groups excluding carboxylic acids is 1. The molecule has 196 valence electrons. The Hall–Kier alpha value is -2.47. The molecule has 2 aliphatic rings. The van der Waals surface area contributed by atoms with Gasteiger partial charge in [-0.3, -0.25) is 4.79 Å². The van der Waals surface area contributed by atoms with Crippen LogP contribution in [0.15, 0.2) is 52.3 Å². The van der Waals surface area contributed by atoms with Crippen molar-refractivity contribution in [3.05, 3.63) is 53.6 Å². The second-order valence-corrected chi connectivity index (χ2v) is 13.3. The van der Waals surface area contributed by atoms with Crippen LogP contribution in [0.5, 0.6) is 5.75 Å². The average molecular weight is 536 g/mol. The Bertz CT molecular complexity index is 1310. The lowest BCUT2D eigenvalue weighted by molar-refractivity contribution is 0.0694. The van der Waals surface area contributed by atoms with Crippen LogP contribution in [-0.2, 0) is 20.0 Å². The maximum Gasteiger partial charge on any atom is 0.257 e. The van der Waals surface area contributed by atoms with Gasteiger partial charge in [0.05, 0.1) is 22.5 Å². The molecule has 2 aromatic carbocycles. The maximum atomic E-state index is 13.4. The smallest absolute Gasteiger partial charge is 0.257 e. The summed E-state index contributed by atoms with van der Waals surface area (Å²) in [6, 6.07) is 11.0. The molecule has 2 aliphatic heterocycles. The normalized spacial score (nSPS) is 18.8. The fourth-order valence-electron chi connectivity index (χ4n) is 4.55. The summed E-state index contributed by atoms with van der Waals surface area (Å²) in [5, 5.41) is 0. The molecule has 0 aliphatic carbocycles. The number of piperidine rings is 1. The molecule has 11 heteroatoms. The summed E-state index contributed by atoms with van der Waals surface area (Å²) in [5.74, 6) is 0.377. The van der Waals surface area contributed by atoms with Crippen LogP contribution in [0.2, 0.25) is 0 Å². The van der Waals surface area contributed by atoms with Crippen molar-refractivity contribution in [3.63, 3.8) is 0 Å². The summed E-state index contributed by atoms with van der Waals surface area (Å²) < 4.78 is 60.7. The van der Waals surface area contributed by atoms with E-state index in [0.29, 0.717) is 19.0 Å². The first-order chi connectivity index (χ1) is 17.0. The Morgan fingerprint density at radius 2 is 1.33 bits per heavy atom. The molecule has 0 radical (unpaired) electrons. The van der Waals surface area contributed by atoms with Crippen LogP contribution in [0.3, 0.4) is 0 Å². The second kappa shape index (κ2) is 10.5. The molecular formula is C25H33N3O6S2. The minimum absolute atomic E-state index is 0.0572. The van der Waals surface area contributed by atoms with Gasteiger partial charge in [0.1, 0.15) is 5.75 Å². The Morgan fingerprint density at radius 3 is 1.92 bits per heavy atom. The quantitative estimate of drug-likeness (QED) is 0.563. The third-order valence-corrected chi connectivity index (χ3v) is 10.8.